The van der Waals surface area contributed by atoms with Gasteiger partial charge in [-0.1, -0.05) is 60.7 Å². The molecule has 0 fully saturated rings. The molecule has 5 rings (SSSR count). The number of aliphatic carboxylic acids is 1. The van der Waals surface area contributed by atoms with Crippen LogP contribution < -0.4 is 21.3 Å². The second-order valence-electron chi connectivity index (χ2n) is 9.95. The van der Waals surface area contributed by atoms with Crippen molar-refractivity contribution in [2.75, 3.05) is 18.0 Å². The Bertz CT molecular complexity index is 1920. The van der Waals surface area contributed by atoms with Gasteiger partial charge in [-0.05, 0) is 46.7 Å². The van der Waals surface area contributed by atoms with Gasteiger partial charge in [0.15, 0.2) is 0 Å². The number of hydrogen-bond donors (Lipinski definition) is 5. The van der Waals surface area contributed by atoms with E-state index in [4.69, 9.17) is 16.2 Å². The van der Waals surface area contributed by atoms with E-state index in [1.165, 1.54) is 4.90 Å². The molecule has 11 nitrogen and oxygen atoms in total. The molecule has 0 saturated heterocycles. The molecule has 0 aliphatic rings. The second-order valence-corrected chi connectivity index (χ2v) is 9.95. The van der Waals surface area contributed by atoms with E-state index < -0.39 is 30.9 Å². The lowest BCUT2D eigenvalue weighted by atomic mass is 10.0. The van der Waals surface area contributed by atoms with Crippen molar-refractivity contribution >= 4 is 56.9 Å². The van der Waals surface area contributed by atoms with Crippen LogP contribution in [0.1, 0.15) is 31.8 Å². The summed E-state index contributed by atoms with van der Waals surface area (Å²) < 4.78 is 0. The van der Waals surface area contributed by atoms with E-state index in [2.05, 4.69) is 15.6 Å². The first kappa shape index (κ1) is 29.4. The number of amidine groups is 1. The monoisotopic (exact) mass is 588 g/mol. The van der Waals surface area contributed by atoms with Crippen LogP contribution in [0.5, 0.6) is 0 Å². The fourth-order valence-electron chi connectivity index (χ4n) is 4.79. The number of nitrogens with zero attached hydrogens (tertiary/aromatic N) is 2. The first-order valence-electron chi connectivity index (χ1n) is 13.6. The number of nitrogens with one attached hydrogen (secondary N) is 3. The van der Waals surface area contributed by atoms with Crippen LogP contribution in [0.3, 0.4) is 0 Å². The molecule has 0 bridgehead atoms. The molecule has 220 valence electrons. The van der Waals surface area contributed by atoms with Gasteiger partial charge in [-0.25, -0.2) is 0 Å². The smallest absolute Gasteiger partial charge is 0.322 e. The van der Waals surface area contributed by atoms with Crippen molar-refractivity contribution in [3.8, 4) is 0 Å². The quantitative estimate of drug-likeness (QED) is 0.122. The third kappa shape index (κ3) is 6.52. The molecule has 0 spiro atoms. The van der Waals surface area contributed by atoms with Gasteiger partial charge < -0.3 is 21.5 Å². The van der Waals surface area contributed by atoms with E-state index in [1.54, 1.807) is 85.1 Å². The molecule has 4 aromatic carbocycles. The van der Waals surface area contributed by atoms with E-state index in [0.717, 1.165) is 10.9 Å². The average Bonchev–Trinajstić information content (AvgIpc) is 3.04. The number of para-hydroxylation sites is 1. The minimum atomic E-state index is -1.21. The first-order valence-corrected chi connectivity index (χ1v) is 13.6. The van der Waals surface area contributed by atoms with Gasteiger partial charge in [0.05, 0.1) is 11.1 Å². The Balaban J connectivity index is 1.45. The zero-order valence-electron chi connectivity index (χ0n) is 23.4. The minimum Gasteiger partial charge on any atom is -0.480 e. The summed E-state index contributed by atoms with van der Waals surface area (Å²) in [6, 6.07) is 26.0. The van der Waals surface area contributed by atoms with Crippen LogP contribution in [0, 0.1) is 5.41 Å². The summed E-state index contributed by atoms with van der Waals surface area (Å²) in [5.74, 6) is -2.70. The number of carboxylic acid groups (broad SMARTS) is 1. The Labute approximate surface area is 251 Å². The number of aromatic nitrogens is 1. The van der Waals surface area contributed by atoms with Gasteiger partial charge in [0, 0.05) is 34.9 Å². The summed E-state index contributed by atoms with van der Waals surface area (Å²) in [5, 5.41) is 23.8. The van der Waals surface area contributed by atoms with Crippen LogP contribution in [0.2, 0.25) is 0 Å². The lowest BCUT2D eigenvalue weighted by Gasteiger charge is -2.23. The number of nitrogens with two attached hydrogens (primary N) is 1. The average molecular weight is 589 g/mol. The number of carboxylic acids is 1. The van der Waals surface area contributed by atoms with Gasteiger partial charge >= 0.3 is 5.97 Å². The number of benzene rings is 4. The minimum absolute atomic E-state index is 0.0364. The van der Waals surface area contributed by atoms with E-state index >= 15 is 0 Å². The molecule has 3 amide bonds. The maximum Gasteiger partial charge on any atom is 0.322 e. The SMILES string of the molecule is N=C(N)c1ccc(CNC(=O)c2cccc3cc(N(CC(=O)NCC(=O)O)C(=O)c4cccc5cccnc45)ccc23)cc1. The number of amides is 3. The maximum absolute atomic E-state index is 13.9. The van der Waals surface area contributed by atoms with Crippen molar-refractivity contribution in [3.05, 3.63) is 119 Å². The third-order valence-corrected chi connectivity index (χ3v) is 6.99. The summed E-state index contributed by atoms with van der Waals surface area (Å²) in [5.41, 5.74) is 8.48. The largest absolute Gasteiger partial charge is 0.480 e. The van der Waals surface area contributed by atoms with Gasteiger partial charge in [0.1, 0.15) is 18.9 Å². The van der Waals surface area contributed by atoms with E-state index in [9.17, 15) is 19.2 Å². The predicted molar refractivity (Wildman–Crippen MR) is 167 cm³/mol. The summed E-state index contributed by atoms with van der Waals surface area (Å²) in [4.78, 5) is 56.5. The molecular formula is C33H28N6O5. The fraction of sp³-hybridized carbons (Fsp3) is 0.0909. The Morgan fingerprint density at radius 1 is 0.841 bits per heavy atom. The number of carbonyl (C=O) groups excluding carboxylic acids is 3. The number of anilines is 1. The van der Waals surface area contributed by atoms with E-state index in [-0.39, 0.29) is 23.9 Å². The highest BCUT2D eigenvalue weighted by atomic mass is 16.4. The van der Waals surface area contributed by atoms with E-state index in [1.807, 2.05) is 12.1 Å². The molecule has 0 aliphatic heterocycles. The summed E-state index contributed by atoms with van der Waals surface area (Å²) >= 11 is 0. The molecule has 6 N–H and O–H groups in total. The van der Waals surface area contributed by atoms with Crippen LogP contribution >= 0.6 is 0 Å². The van der Waals surface area contributed by atoms with Crippen LogP contribution in [-0.2, 0) is 16.1 Å². The zero-order valence-corrected chi connectivity index (χ0v) is 23.4. The number of nitrogen functional groups attached to an aromatic ring is 1. The second kappa shape index (κ2) is 12.8. The van der Waals surface area contributed by atoms with Gasteiger partial charge in [0.2, 0.25) is 5.91 Å². The molecule has 1 heterocycles. The summed E-state index contributed by atoms with van der Waals surface area (Å²) in [6.45, 7) is -0.768. The highest BCUT2D eigenvalue weighted by Gasteiger charge is 2.24. The highest BCUT2D eigenvalue weighted by molar-refractivity contribution is 6.15. The number of hydrogen-bond acceptors (Lipinski definition) is 6. The zero-order chi connectivity index (χ0) is 31.2. The summed E-state index contributed by atoms with van der Waals surface area (Å²) in [7, 11) is 0. The van der Waals surface area contributed by atoms with Crippen molar-refractivity contribution < 1.29 is 24.3 Å². The van der Waals surface area contributed by atoms with Gasteiger partial charge in [-0.15, -0.1) is 0 Å². The highest BCUT2D eigenvalue weighted by Crippen LogP contribution is 2.27. The Hall–Kier alpha value is -6.10. The van der Waals surface area contributed by atoms with Gasteiger partial charge in [-0.2, -0.15) is 0 Å². The van der Waals surface area contributed by atoms with Crippen molar-refractivity contribution in [1.29, 1.82) is 5.41 Å². The third-order valence-electron chi connectivity index (χ3n) is 6.99. The van der Waals surface area contributed by atoms with Crippen LogP contribution in [0.15, 0.2) is 97.2 Å². The Kier molecular flexibility index (Phi) is 8.57. The molecule has 0 aliphatic carbocycles. The number of fused-ring (bicyclic) bond motifs is 2. The summed E-state index contributed by atoms with van der Waals surface area (Å²) in [6.07, 6.45) is 1.58. The molecule has 0 atom stereocenters. The van der Waals surface area contributed by atoms with Crippen molar-refractivity contribution in [3.63, 3.8) is 0 Å². The first-order chi connectivity index (χ1) is 21.2. The van der Waals surface area contributed by atoms with Gasteiger partial charge in [-0.3, -0.25) is 34.5 Å². The Morgan fingerprint density at radius 2 is 1.55 bits per heavy atom. The van der Waals surface area contributed by atoms with Crippen molar-refractivity contribution in [2.45, 2.75) is 6.54 Å². The molecular weight excluding hydrogens is 560 g/mol. The molecule has 44 heavy (non-hydrogen) atoms. The molecule has 0 radical (unpaired) electrons. The molecule has 11 heteroatoms. The van der Waals surface area contributed by atoms with Gasteiger partial charge in [0.25, 0.3) is 11.8 Å². The molecule has 5 aromatic rings. The predicted octanol–water partition coefficient (Wildman–Crippen LogP) is 3.45. The maximum atomic E-state index is 13.9. The lowest BCUT2D eigenvalue weighted by molar-refractivity contribution is -0.137. The van der Waals surface area contributed by atoms with E-state index in [0.29, 0.717) is 33.1 Å². The fourth-order valence-corrected chi connectivity index (χ4v) is 4.79. The molecule has 1 aromatic heterocycles. The number of rotatable bonds is 10. The topological polar surface area (TPSA) is 179 Å². The molecule has 0 unspecified atom stereocenters. The van der Waals surface area contributed by atoms with Crippen molar-refractivity contribution in [2.24, 2.45) is 5.73 Å². The van der Waals surface area contributed by atoms with Crippen LogP contribution in [-0.4, -0.2) is 52.7 Å². The number of pyridine rings is 1. The van der Waals surface area contributed by atoms with Crippen LogP contribution in [0.4, 0.5) is 5.69 Å². The standard InChI is InChI=1S/C33H28N6O5/c34-31(35)22-11-9-20(10-12-22)17-38-32(43)26-7-2-5-23-16-24(13-14-25(23)26)39(19-28(40)37-18-29(41)42)33(44)27-8-1-4-21-6-3-15-36-30(21)27/h1-16H,17-19H2,(H3,34,35)(H,37,40)(H,38,43)(H,41,42). The lowest BCUT2D eigenvalue weighted by Crippen LogP contribution is -2.42. The molecule has 0 saturated carbocycles. The van der Waals surface area contributed by atoms with Crippen LogP contribution in [0.25, 0.3) is 21.7 Å². The van der Waals surface area contributed by atoms with Crippen molar-refractivity contribution in [1.82, 2.24) is 15.6 Å². The Morgan fingerprint density at radius 3 is 2.27 bits per heavy atom. The normalized spacial score (nSPS) is 10.7. The number of carbonyl (C=O) groups is 4.